The van der Waals surface area contributed by atoms with Gasteiger partial charge >= 0.3 is 0 Å². The minimum absolute atomic E-state index is 0.0707. The van der Waals surface area contributed by atoms with Crippen LogP contribution in [0.15, 0.2) is 48.5 Å². The third-order valence-corrected chi connectivity index (χ3v) is 3.77. The highest BCUT2D eigenvalue weighted by molar-refractivity contribution is 5.76. The van der Waals surface area contributed by atoms with E-state index in [1.807, 2.05) is 55.5 Å². The van der Waals surface area contributed by atoms with Gasteiger partial charge in [-0.05, 0) is 36.1 Å². The molecule has 0 spiro atoms. The Labute approximate surface area is 137 Å². The van der Waals surface area contributed by atoms with Crippen LogP contribution in [-0.2, 0) is 11.2 Å². The molecule has 0 fully saturated rings. The van der Waals surface area contributed by atoms with Crippen LogP contribution in [0.4, 0.5) is 0 Å². The summed E-state index contributed by atoms with van der Waals surface area (Å²) in [6.07, 6.45) is 0.0288. The van der Waals surface area contributed by atoms with E-state index in [0.29, 0.717) is 6.54 Å². The lowest BCUT2D eigenvalue weighted by molar-refractivity contribution is -0.123. The van der Waals surface area contributed by atoms with Gasteiger partial charge in [-0.1, -0.05) is 42.5 Å². The van der Waals surface area contributed by atoms with Crippen LogP contribution in [0.25, 0.3) is 0 Å². The third-order valence-electron chi connectivity index (χ3n) is 3.77. The number of aliphatic hydroxyl groups excluding tert-OH is 1. The normalized spacial score (nSPS) is 11.8. The lowest BCUT2D eigenvalue weighted by Crippen LogP contribution is -2.27. The summed E-state index contributed by atoms with van der Waals surface area (Å²) in [5.41, 5.74) is 2.95. The van der Waals surface area contributed by atoms with Crippen LogP contribution in [0.2, 0.25) is 0 Å². The molecule has 0 aliphatic rings. The fourth-order valence-corrected chi connectivity index (χ4v) is 2.41. The van der Waals surface area contributed by atoms with Crippen molar-refractivity contribution >= 4 is 5.91 Å². The van der Waals surface area contributed by atoms with Crippen molar-refractivity contribution in [1.29, 1.82) is 0 Å². The van der Waals surface area contributed by atoms with Crippen LogP contribution in [-0.4, -0.2) is 24.7 Å². The Hall–Kier alpha value is -2.33. The molecule has 2 aromatic rings. The molecule has 1 amide bonds. The standard InChI is InChI=1S/C19H23NO3/c1-14-8-9-15(12-18(14)23-2)10-11-20-19(22)13-17(21)16-6-4-3-5-7-16/h3-9,12,17,21H,10-11,13H2,1-2H3,(H,20,22). The summed E-state index contributed by atoms with van der Waals surface area (Å²) in [6.45, 7) is 2.53. The van der Waals surface area contributed by atoms with Gasteiger partial charge in [0.1, 0.15) is 5.75 Å². The molecule has 23 heavy (non-hydrogen) atoms. The summed E-state index contributed by atoms with van der Waals surface area (Å²) in [4.78, 5) is 11.9. The minimum Gasteiger partial charge on any atom is -0.496 e. The zero-order chi connectivity index (χ0) is 16.7. The molecule has 0 saturated heterocycles. The number of nitrogens with one attached hydrogen (secondary N) is 1. The Morgan fingerprint density at radius 3 is 2.65 bits per heavy atom. The van der Waals surface area contributed by atoms with E-state index in [9.17, 15) is 9.90 Å². The average Bonchev–Trinajstić information content (AvgIpc) is 2.57. The van der Waals surface area contributed by atoms with Gasteiger partial charge in [0.15, 0.2) is 0 Å². The third kappa shape index (κ3) is 5.11. The fraction of sp³-hybridized carbons (Fsp3) is 0.316. The number of aryl methyl sites for hydroxylation is 1. The van der Waals surface area contributed by atoms with Crippen LogP contribution < -0.4 is 10.1 Å². The number of carbonyl (C=O) groups excluding carboxylic acids is 1. The van der Waals surface area contributed by atoms with E-state index in [0.717, 1.165) is 28.9 Å². The highest BCUT2D eigenvalue weighted by Gasteiger charge is 2.12. The number of ether oxygens (including phenoxy) is 1. The van der Waals surface area contributed by atoms with Crippen molar-refractivity contribution in [2.45, 2.75) is 25.9 Å². The maximum absolute atomic E-state index is 11.9. The van der Waals surface area contributed by atoms with Gasteiger partial charge < -0.3 is 15.2 Å². The summed E-state index contributed by atoms with van der Waals surface area (Å²) in [6, 6.07) is 15.2. The number of methoxy groups -OCH3 is 1. The van der Waals surface area contributed by atoms with Crippen LogP contribution in [0.3, 0.4) is 0 Å². The number of aliphatic hydroxyl groups is 1. The van der Waals surface area contributed by atoms with E-state index in [1.54, 1.807) is 7.11 Å². The molecular weight excluding hydrogens is 290 g/mol. The predicted molar refractivity (Wildman–Crippen MR) is 90.5 cm³/mol. The van der Waals surface area contributed by atoms with Crippen molar-refractivity contribution in [1.82, 2.24) is 5.32 Å². The highest BCUT2D eigenvalue weighted by Crippen LogP contribution is 2.19. The maximum atomic E-state index is 11.9. The van der Waals surface area contributed by atoms with Crippen molar-refractivity contribution in [2.24, 2.45) is 0 Å². The molecule has 0 aromatic heterocycles. The molecule has 0 bridgehead atoms. The van der Waals surface area contributed by atoms with Gasteiger partial charge in [-0.25, -0.2) is 0 Å². The predicted octanol–water partition coefficient (Wildman–Crippen LogP) is 2.79. The monoisotopic (exact) mass is 313 g/mol. The molecular formula is C19H23NO3. The summed E-state index contributed by atoms with van der Waals surface area (Å²) >= 11 is 0. The van der Waals surface area contributed by atoms with E-state index < -0.39 is 6.10 Å². The van der Waals surface area contributed by atoms with Crippen molar-refractivity contribution < 1.29 is 14.6 Å². The maximum Gasteiger partial charge on any atom is 0.222 e. The average molecular weight is 313 g/mol. The van der Waals surface area contributed by atoms with E-state index in [4.69, 9.17) is 4.74 Å². The first-order chi connectivity index (χ1) is 11.1. The topological polar surface area (TPSA) is 58.6 Å². The molecule has 2 aromatic carbocycles. The van der Waals surface area contributed by atoms with Crippen LogP contribution in [0.1, 0.15) is 29.2 Å². The summed E-state index contributed by atoms with van der Waals surface area (Å²) in [5, 5.41) is 12.9. The second-order valence-electron chi connectivity index (χ2n) is 5.53. The summed E-state index contributed by atoms with van der Waals surface area (Å²) in [5.74, 6) is 0.703. The molecule has 0 heterocycles. The van der Waals surface area contributed by atoms with Gasteiger partial charge in [-0.2, -0.15) is 0 Å². The van der Waals surface area contributed by atoms with Crippen LogP contribution in [0, 0.1) is 6.92 Å². The first-order valence-corrected chi connectivity index (χ1v) is 7.73. The van der Waals surface area contributed by atoms with Crippen LogP contribution in [0.5, 0.6) is 5.75 Å². The molecule has 2 N–H and O–H groups in total. The molecule has 0 aliphatic carbocycles. The Balaban J connectivity index is 1.79. The Morgan fingerprint density at radius 2 is 1.96 bits per heavy atom. The lowest BCUT2D eigenvalue weighted by atomic mass is 10.1. The van der Waals surface area contributed by atoms with E-state index in [-0.39, 0.29) is 12.3 Å². The first kappa shape index (κ1) is 17.0. The Bertz CT molecular complexity index is 640. The van der Waals surface area contributed by atoms with Gasteiger partial charge in [0.2, 0.25) is 5.91 Å². The number of amides is 1. The highest BCUT2D eigenvalue weighted by atomic mass is 16.5. The van der Waals surface area contributed by atoms with Crippen molar-refractivity contribution in [3.05, 3.63) is 65.2 Å². The van der Waals surface area contributed by atoms with E-state index >= 15 is 0 Å². The zero-order valence-corrected chi connectivity index (χ0v) is 13.6. The number of hydrogen-bond donors (Lipinski definition) is 2. The second-order valence-corrected chi connectivity index (χ2v) is 5.53. The quantitative estimate of drug-likeness (QED) is 0.826. The molecule has 0 aliphatic heterocycles. The molecule has 1 atom stereocenters. The van der Waals surface area contributed by atoms with Crippen molar-refractivity contribution in [2.75, 3.05) is 13.7 Å². The van der Waals surface area contributed by atoms with Gasteiger partial charge in [0, 0.05) is 6.54 Å². The molecule has 1 unspecified atom stereocenters. The Morgan fingerprint density at radius 1 is 1.22 bits per heavy atom. The summed E-state index contributed by atoms with van der Waals surface area (Å²) in [7, 11) is 1.65. The van der Waals surface area contributed by atoms with Gasteiger partial charge in [-0.3, -0.25) is 4.79 Å². The first-order valence-electron chi connectivity index (χ1n) is 7.73. The largest absolute Gasteiger partial charge is 0.496 e. The second kappa shape index (κ2) is 8.34. The van der Waals surface area contributed by atoms with E-state index in [1.165, 1.54) is 0 Å². The number of benzene rings is 2. The van der Waals surface area contributed by atoms with Crippen LogP contribution >= 0.6 is 0 Å². The molecule has 2 rings (SSSR count). The molecule has 0 radical (unpaired) electrons. The lowest BCUT2D eigenvalue weighted by Gasteiger charge is -2.12. The molecule has 4 nitrogen and oxygen atoms in total. The molecule has 0 saturated carbocycles. The van der Waals surface area contributed by atoms with Gasteiger partial charge in [0.05, 0.1) is 19.6 Å². The molecule has 4 heteroatoms. The van der Waals surface area contributed by atoms with E-state index in [2.05, 4.69) is 5.32 Å². The number of hydrogen-bond acceptors (Lipinski definition) is 3. The minimum atomic E-state index is -0.768. The zero-order valence-electron chi connectivity index (χ0n) is 13.6. The number of carbonyl (C=O) groups is 1. The molecule has 122 valence electrons. The van der Waals surface area contributed by atoms with Crippen molar-refractivity contribution in [3.8, 4) is 5.75 Å². The fourth-order valence-electron chi connectivity index (χ4n) is 2.41. The number of rotatable bonds is 7. The smallest absolute Gasteiger partial charge is 0.222 e. The Kier molecular flexibility index (Phi) is 6.18. The van der Waals surface area contributed by atoms with Gasteiger partial charge in [0.25, 0.3) is 0 Å². The van der Waals surface area contributed by atoms with Gasteiger partial charge in [-0.15, -0.1) is 0 Å². The van der Waals surface area contributed by atoms with Crippen molar-refractivity contribution in [3.63, 3.8) is 0 Å². The SMILES string of the molecule is COc1cc(CCNC(=O)CC(O)c2ccccc2)ccc1C. The summed E-state index contributed by atoms with van der Waals surface area (Å²) < 4.78 is 5.29.